The normalized spacial score (nSPS) is 11.1. The summed E-state index contributed by atoms with van der Waals surface area (Å²) in [6, 6.07) is 0. The van der Waals surface area contributed by atoms with Gasteiger partial charge in [0.2, 0.25) is 0 Å². The van der Waals surface area contributed by atoms with Gasteiger partial charge in [-0.15, -0.1) is 0 Å². The zero-order chi connectivity index (χ0) is 31.4. The number of aryl methyl sites for hydroxylation is 3. The highest BCUT2D eigenvalue weighted by atomic mass is 14.7. The molecule has 0 unspecified atom stereocenters. The maximum absolute atomic E-state index is 4.63. The van der Waals surface area contributed by atoms with Crippen LogP contribution in [0.3, 0.4) is 0 Å². The molecule has 0 aliphatic rings. The first kappa shape index (κ1) is 35.5. The molecule has 2 heterocycles. The summed E-state index contributed by atoms with van der Waals surface area (Å²) in [7, 11) is 0. The summed E-state index contributed by atoms with van der Waals surface area (Å²) < 4.78 is 0. The van der Waals surface area contributed by atoms with Crippen molar-refractivity contribution in [2.75, 3.05) is 0 Å². The van der Waals surface area contributed by atoms with Crippen molar-refractivity contribution in [1.82, 2.24) is 9.97 Å². The Bertz CT molecular complexity index is 1310. The zero-order valence-corrected chi connectivity index (χ0v) is 29.6. The predicted molar refractivity (Wildman–Crippen MR) is 179 cm³/mol. The molecule has 0 saturated heterocycles. The van der Waals surface area contributed by atoms with E-state index in [0.717, 1.165) is 0 Å². The van der Waals surface area contributed by atoms with E-state index in [1.807, 2.05) is 0 Å². The molecule has 2 heteroatoms. The maximum atomic E-state index is 4.63. The Labute approximate surface area is 248 Å². The summed E-state index contributed by atoms with van der Waals surface area (Å²) in [5.74, 6) is 1.73. The Hall–Kier alpha value is -2.48. The van der Waals surface area contributed by atoms with Crippen LogP contribution in [0.4, 0.5) is 0 Å². The molecule has 0 saturated carbocycles. The Kier molecular flexibility index (Phi) is 12.8. The van der Waals surface area contributed by atoms with Gasteiger partial charge >= 0.3 is 0 Å². The molecule has 2 aromatic heterocycles. The first-order valence-electron chi connectivity index (χ1n) is 15.2. The molecule has 0 aliphatic carbocycles. The molecule has 0 aliphatic heterocycles. The lowest BCUT2D eigenvalue weighted by Crippen LogP contribution is -2.04. The smallest absolute Gasteiger partial charge is 0.0464 e. The number of benzene rings is 1. The molecule has 40 heavy (non-hydrogen) atoms. The molecule has 0 atom stereocenters. The second-order valence-electron chi connectivity index (χ2n) is 12.9. The van der Waals surface area contributed by atoms with Crippen LogP contribution in [0, 0.1) is 90.0 Å². The fourth-order valence-corrected chi connectivity index (χ4v) is 6.04. The highest BCUT2D eigenvalue weighted by molar-refractivity contribution is 5.50. The van der Waals surface area contributed by atoms with E-state index in [1.165, 1.54) is 84.0 Å². The summed E-state index contributed by atoms with van der Waals surface area (Å²) in [5, 5.41) is 0. The Morgan fingerprint density at radius 1 is 0.300 bits per heavy atom. The van der Waals surface area contributed by atoms with E-state index in [0.29, 0.717) is 17.8 Å². The van der Waals surface area contributed by atoms with Crippen LogP contribution in [0.15, 0.2) is 0 Å². The van der Waals surface area contributed by atoms with E-state index < -0.39 is 0 Å². The van der Waals surface area contributed by atoms with Gasteiger partial charge in [-0.3, -0.25) is 9.97 Å². The van der Waals surface area contributed by atoms with Crippen LogP contribution in [-0.4, -0.2) is 9.97 Å². The summed E-state index contributed by atoms with van der Waals surface area (Å²) in [6.07, 6.45) is 0. The fourth-order valence-electron chi connectivity index (χ4n) is 6.04. The average Bonchev–Trinajstić information content (AvgIpc) is 2.86. The Morgan fingerprint density at radius 2 is 0.625 bits per heavy atom. The van der Waals surface area contributed by atoms with E-state index in [1.54, 1.807) is 5.56 Å². The minimum atomic E-state index is 0.526. The standard InChI is InChI=1S/C14H22.2C12H19N/c1-8(2)14-12(6)10(4)9(3)11(5)13(14)7;1-7(2)12-9(4)8(3)10(5)13-11(12)6;1-7(2)12-10(5)8(3)9(4)11(6)13-12/h8H,1-7H3;2*7H,1-6H3. The van der Waals surface area contributed by atoms with Gasteiger partial charge in [0.15, 0.2) is 0 Å². The molecule has 2 nitrogen and oxygen atoms in total. The SMILES string of the molecule is Cc1c(C)c(C)c(C(C)C)c(C)c1C.Cc1nc(C(C)C)c(C)c(C)c1C.Cc1nc(C)c(C(C)C)c(C)c1C. The van der Waals surface area contributed by atoms with E-state index in [-0.39, 0.29) is 0 Å². The van der Waals surface area contributed by atoms with Gasteiger partial charge in [0.1, 0.15) is 0 Å². The summed E-state index contributed by atoms with van der Waals surface area (Å²) in [6.45, 7) is 41.8. The van der Waals surface area contributed by atoms with E-state index >= 15 is 0 Å². The van der Waals surface area contributed by atoms with Gasteiger partial charge in [-0.2, -0.15) is 0 Å². The number of aromatic nitrogens is 2. The highest BCUT2D eigenvalue weighted by Gasteiger charge is 2.14. The second kappa shape index (κ2) is 14.4. The van der Waals surface area contributed by atoms with Crippen molar-refractivity contribution in [1.29, 1.82) is 0 Å². The van der Waals surface area contributed by atoms with Gasteiger partial charge in [0, 0.05) is 22.8 Å². The highest BCUT2D eigenvalue weighted by Crippen LogP contribution is 2.31. The number of hydrogen-bond donors (Lipinski definition) is 0. The van der Waals surface area contributed by atoms with Gasteiger partial charge in [0.25, 0.3) is 0 Å². The zero-order valence-electron chi connectivity index (χ0n) is 29.6. The average molecular weight is 545 g/mol. The monoisotopic (exact) mass is 544 g/mol. The van der Waals surface area contributed by atoms with Crippen molar-refractivity contribution < 1.29 is 0 Å². The molecule has 0 fully saturated rings. The van der Waals surface area contributed by atoms with Gasteiger partial charge in [-0.25, -0.2) is 0 Å². The van der Waals surface area contributed by atoms with Crippen LogP contribution in [0.5, 0.6) is 0 Å². The van der Waals surface area contributed by atoms with Crippen LogP contribution in [-0.2, 0) is 0 Å². The largest absolute Gasteiger partial charge is 0.258 e. The first-order valence-corrected chi connectivity index (χ1v) is 15.2. The summed E-state index contributed by atoms with van der Waals surface area (Å²) in [5.41, 5.74) is 22.0. The molecular formula is C38H60N2. The summed E-state index contributed by atoms with van der Waals surface area (Å²) >= 11 is 0. The minimum Gasteiger partial charge on any atom is -0.258 e. The van der Waals surface area contributed by atoms with Gasteiger partial charge in [-0.05, 0) is 175 Å². The van der Waals surface area contributed by atoms with Crippen molar-refractivity contribution in [2.45, 2.75) is 149 Å². The maximum Gasteiger partial charge on any atom is 0.0464 e. The van der Waals surface area contributed by atoms with Crippen LogP contribution in [0.25, 0.3) is 0 Å². The van der Waals surface area contributed by atoms with Crippen molar-refractivity contribution in [3.8, 4) is 0 Å². The van der Waals surface area contributed by atoms with E-state index in [2.05, 4.69) is 142 Å². The van der Waals surface area contributed by atoms with Crippen LogP contribution < -0.4 is 0 Å². The van der Waals surface area contributed by atoms with E-state index in [9.17, 15) is 0 Å². The molecule has 0 radical (unpaired) electrons. The lowest BCUT2D eigenvalue weighted by molar-refractivity contribution is 0.796. The number of nitrogens with zero attached hydrogens (tertiary/aromatic N) is 2. The third-order valence-electron chi connectivity index (χ3n) is 9.33. The molecule has 0 N–H and O–H groups in total. The lowest BCUT2D eigenvalue weighted by atomic mass is 9.85. The Morgan fingerprint density at radius 3 is 1.02 bits per heavy atom. The molecule has 3 rings (SSSR count). The predicted octanol–water partition coefficient (Wildman–Crippen LogP) is 11.2. The van der Waals surface area contributed by atoms with Crippen LogP contribution in [0.2, 0.25) is 0 Å². The molecule has 0 bridgehead atoms. The number of rotatable bonds is 3. The second-order valence-corrected chi connectivity index (χ2v) is 12.9. The number of pyridine rings is 2. The summed E-state index contributed by atoms with van der Waals surface area (Å²) in [4.78, 5) is 9.19. The van der Waals surface area contributed by atoms with E-state index in [4.69, 9.17) is 0 Å². The molecule has 3 aromatic rings. The third kappa shape index (κ3) is 7.83. The van der Waals surface area contributed by atoms with Crippen molar-refractivity contribution in [2.24, 2.45) is 0 Å². The molecular weight excluding hydrogens is 484 g/mol. The first-order chi connectivity index (χ1) is 18.3. The van der Waals surface area contributed by atoms with Crippen molar-refractivity contribution in [3.05, 3.63) is 89.5 Å². The third-order valence-corrected chi connectivity index (χ3v) is 9.33. The van der Waals surface area contributed by atoms with Crippen molar-refractivity contribution >= 4 is 0 Å². The quantitative estimate of drug-likeness (QED) is 0.328. The molecule has 0 amide bonds. The van der Waals surface area contributed by atoms with Crippen LogP contribution in [0.1, 0.15) is 149 Å². The van der Waals surface area contributed by atoms with Gasteiger partial charge in [0.05, 0.1) is 0 Å². The number of hydrogen-bond acceptors (Lipinski definition) is 2. The van der Waals surface area contributed by atoms with Gasteiger partial charge in [-0.1, -0.05) is 41.5 Å². The van der Waals surface area contributed by atoms with Crippen LogP contribution >= 0.6 is 0 Å². The molecule has 0 spiro atoms. The molecule has 1 aromatic carbocycles. The van der Waals surface area contributed by atoms with Gasteiger partial charge < -0.3 is 0 Å². The van der Waals surface area contributed by atoms with Crippen molar-refractivity contribution in [3.63, 3.8) is 0 Å². The Balaban J connectivity index is 0.000000300. The fraction of sp³-hybridized carbons (Fsp3) is 0.579. The molecule has 222 valence electrons. The minimum absolute atomic E-state index is 0.526. The topological polar surface area (TPSA) is 25.8 Å². The lowest BCUT2D eigenvalue weighted by Gasteiger charge is -2.21.